The minimum absolute atomic E-state index is 0.104. The van der Waals surface area contributed by atoms with E-state index in [1.54, 1.807) is 18.2 Å². The first-order valence-corrected chi connectivity index (χ1v) is 5.74. The highest BCUT2D eigenvalue weighted by Gasteiger charge is 2.26. The van der Waals surface area contributed by atoms with Crippen LogP contribution in [0.25, 0.3) is 0 Å². The molecular weight excluding hydrogens is 252 g/mol. The van der Waals surface area contributed by atoms with Crippen molar-refractivity contribution in [3.8, 4) is 11.5 Å². The van der Waals surface area contributed by atoms with E-state index < -0.39 is 17.9 Å². The molecule has 2 N–H and O–H groups in total. The van der Waals surface area contributed by atoms with E-state index in [2.05, 4.69) is 0 Å². The number of carboxylic acids is 2. The zero-order valence-corrected chi connectivity index (χ0v) is 10.8. The third-order valence-corrected chi connectivity index (χ3v) is 2.56. The molecule has 0 saturated carbocycles. The van der Waals surface area contributed by atoms with Gasteiger partial charge in [-0.15, -0.1) is 0 Å². The van der Waals surface area contributed by atoms with Crippen molar-refractivity contribution in [3.05, 3.63) is 23.8 Å². The molecule has 0 radical (unpaired) electrons. The lowest BCUT2D eigenvalue weighted by atomic mass is 9.99. The Morgan fingerprint density at radius 3 is 2.32 bits per heavy atom. The predicted octanol–water partition coefficient (Wildman–Crippen LogP) is 1.42. The van der Waals surface area contributed by atoms with Crippen molar-refractivity contribution in [3.63, 3.8) is 0 Å². The molecule has 0 fully saturated rings. The molecule has 19 heavy (non-hydrogen) atoms. The Bertz CT molecular complexity index is 454. The van der Waals surface area contributed by atoms with Crippen molar-refractivity contribution in [1.82, 2.24) is 0 Å². The van der Waals surface area contributed by atoms with Crippen molar-refractivity contribution >= 4 is 11.9 Å². The van der Waals surface area contributed by atoms with Gasteiger partial charge in [-0.3, -0.25) is 9.59 Å². The molecule has 1 aromatic carbocycles. The van der Waals surface area contributed by atoms with E-state index in [1.165, 1.54) is 7.11 Å². The van der Waals surface area contributed by atoms with Crippen molar-refractivity contribution in [2.45, 2.75) is 13.3 Å². The summed E-state index contributed by atoms with van der Waals surface area (Å²) in [5, 5.41) is 17.7. The van der Waals surface area contributed by atoms with Gasteiger partial charge < -0.3 is 19.7 Å². The molecule has 0 saturated heterocycles. The third-order valence-electron chi connectivity index (χ3n) is 2.56. The van der Waals surface area contributed by atoms with Gasteiger partial charge in [0.05, 0.1) is 13.7 Å². The monoisotopic (exact) mass is 268 g/mol. The van der Waals surface area contributed by atoms with Crippen LogP contribution in [0.3, 0.4) is 0 Å². The standard InChI is InChI=1S/C13H16O6/c1-3-19-10-5-4-8(7-11(10)18-2)6-9(12(14)15)13(16)17/h4-5,7,9H,3,6H2,1-2H3,(H,14,15)(H,16,17). The summed E-state index contributed by atoms with van der Waals surface area (Å²) in [4.78, 5) is 21.7. The van der Waals surface area contributed by atoms with Crippen molar-refractivity contribution in [1.29, 1.82) is 0 Å². The van der Waals surface area contributed by atoms with E-state index >= 15 is 0 Å². The summed E-state index contributed by atoms with van der Waals surface area (Å²) >= 11 is 0. The van der Waals surface area contributed by atoms with Crippen LogP contribution in [0.15, 0.2) is 18.2 Å². The van der Waals surface area contributed by atoms with Gasteiger partial charge in [-0.1, -0.05) is 6.07 Å². The maximum atomic E-state index is 10.8. The molecule has 104 valence electrons. The first kappa shape index (κ1) is 14.8. The normalized spacial score (nSPS) is 10.3. The van der Waals surface area contributed by atoms with E-state index in [0.717, 1.165) is 0 Å². The van der Waals surface area contributed by atoms with Gasteiger partial charge >= 0.3 is 11.9 Å². The number of rotatable bonds is 7. The summed E-state index contributed by atoms with van der Waals surface area (Å²) in [6.45, 7) is 2.31. The number of hydrogen-bond donors (Lipinski definition) is 2. The lowest BCUT2D eigenvalue weighted by Crippen LogP contribution is -2.25. The molecule has 0 heterocycles. The number of methoxy groups -OCH3 is 1. The molecule has 0 aliphatic heterocycles. The highest BCUT2D eigenvalue weighted by Crippen LogP contribution is 2.29. The average molecular weight is 268 g/mol. The average Bonchev–Trinajstić information content (AvgIpc) is 2.36. The maximum absolute atomic E-state index is 10.8. The second-order valence-electron chi connectivity index (χ2n) is 3.85. The van der Waals surface area contributed by atoms with Crippen LogP contribution in [0, 0.1) is 5.92 Å². The topological polar surface area (TPSA) is 93.1 Å². The number of carbonyl (C=O) groups is 2. The van der Waals surface area contributed by atoms with Gasteiger partial charge in [0, 0.05) is 0 Å². The van der Waals surface area contributed by atoms with Crippen LogP contribution in [-0.4, -0.2) is 35.9 Å². The highest BCUT2D eigenvalue weighted by atomic mass is 16.5. The zero-order chi connectivity index (χ0) is 14.4. The van der Waals surface area contributed by atoms with Crippen molar-refractivity contribution < 1.29 is 29.3 Å². The van der Waals surface area contributed by atoms with E-state index in [4.69, 9.17) is 19.7 Å². The number of hydrogen-bond acceptors (Lipinski definition) is 4. The molecular formula is C13H16O6. The van der Waals surface area contributed by atoms with Gasteiger partial charge in [0.25, 0.3) is 0 Å². The van der Waals surface area contributed by atoms with Crippen molar-refractivity contribution in [2.75, 3.05) is 13.7 Å². The van der Waals surface area contributed by atoms with Gasteiger partial charge in [-0.25, -0.2) is 0 Å². The number of aliphatic carboxylic acids is 2. The Labute approximate surface area is 110 Å². The first-order valence-electron chi connectivity index (χ1n) is 5.74. The smallest absolute Gasteiger partial charge is 0.318 e. The van der Waals surface area contributed by atoms with E-state index in [9.17, 15) is 9.59 Å². The number of carboxylic acid groups (broad SMARTS) is 2. The van der Waals surface area contributed by atoms with Gasteiger partial charge in [-0.05, 0) is 31.0 Å². The van der Waals surface area contributed by atoms with Crippen LogP contribution < -0.4 is 9.47 Å². The summed E-state index contributed by atoms with van der Waals surface area (Å²) in [6.07, 6.45) is -0.104. The SMILES string of the molecule is CCOc1ccc(CC(C(=O)O)C(=O)O)cc1OC. The summed E-state index contributed by atoms with van der Waals surface area (Å²) in [5.41, 5.74) is 0.565. The van der Waals surface area contributed by atoms with Crippen LogP contribution >= 0.6 is 0 Å². The Morgan fingerprint density at radius 1 is 1.21 bits per heavy atom. The minimum atomic E-state index is -1.47. The number of ether oxygens (including phenoxy) is 2. The van der Waals surface area contributed by atoms with Gasteiger partial charge in [0.2, 0.25) is 0 Å². The summed E-state index contributed by atoms with van der Waals surface area (Å²) in [5.74, 6) is -3.20. The van der Waals surface area contributed by atoms with Crippen molar-refractivity contribution in [2.24, 2.45) is 5.92 Å². The fourth-order valence-electron chi connectivity index (χ4n) is 1.63. The second-order valence-corrected chi connectivity index (χ2v) is 3.85. The quantitative estimate of drug-likeness (QED) is 0.726. The molecule has 0 spiro atoms. The third kappa shape index (κ3) is 3.87. The van der Waals surface area contributed by atoms with E-state index in [0.29, 0.717) is 23.7 Å². The lowest BCUT2D eigenvalue weighted by molar-refractivity contribution is -0.154. The minimum Gasteiger partial charge on any atom is -0.493 e. The zero-order valence-electron chi connectivity index (χ0n) is 10.8. The Hall–Kier alpha value is -2.24. The van der Waals surface area contributed by atoms with Crippen LogP contribution in [0.2, 0.25) is 0 Å². The summed E-state index contributed by atoms with van der Waals surface area (Å²) in [6, 6.07) is 4.86. The van der Waals surface area contributed by atoms with Crippen LogP contribution in [-0.2, 0) is 16.0 Å². The molecule has 1 rings (SSSR count). The Morgan fingerprint density at radius 2 is 1.84 bits per heavy atom. The highest BCUT2D eigenvalue weighted by molar-refractivity contribution is 5.93. The molecule has 0 aliphatic carbocycles. The second kappa shape index (κ2) is 6.63. The number of benzene rings is 1. The molecule has 0 atom stereocenters. The molecule has 0 bridgehead atoms. The molecule has 1 aromatic rings. The van der Waals surface area contributed by atoms with Gasteiger partial charge in [0.15, 0.2) is 17.4 Å². The predicted molar refractivity (Wildman–Crippen MR) is 66.6 cm³/mol. The lowest BCUT2D eigenvalue weighted by Gasteiger charge is -2.12. The van der Waals surface area contributed by atoms with E-state index in [-0.39, 0.29) is 6.42 Å². The molecule has 0 aliphatic rings. The summed E-state index contributed by atoms with van der Waals surface area (Å²) < 4.78 is 10.4. The first-order chi connectivity index (χ1) is 8.99. The largest absolute Gasteiger partial charge is 0.493 e. The Kier molecular flexibility index (Phi) is 5.17. The molecule has 0 amide bonds. The van der Waals surface area contributed by atoms with Gasteiger partial charge in [0.1, 0.15) is 0 Å². The van der Waals surface area contributed by atoms with Crippen LogP contribution in [0.5, 0.6) is 11.5 Å². The molecule has 0 unspecified atom stereocenters. The fourth-order valence-corrected chi connectivity index (χ4v) is 1.63. The van der Waals surface area contributed by atoms with Crippen LogP contribution in [0.1, 0.15) is 12.5 Å². The fraction of sp³-hybridized carbons (Fsp3) is 0.385. The van der Waals surface area contributed by atoms with Gasteiger partial charge in [-0.2, -0.15) is 0 Å². The molecule has 6 heteroatoms. The van der Waals surface area contributed by atoms with E-state index in [1.807, 2.05) is 6.92 Å². The van der Waals surface area contributed by atoms with Crippen LogP contribution in [0.4, 0.5) is 0 Å². The molecule has 0 aromatic heterocycles. The maximum Gasteiger partial charge on any atom is 0.318 e. The molecule has 6 nitrogen and oxygen atoms in total. The Balaban J connectivity index is 2.96. The summed E-state index contributed by atoms with van der Waals surface area (Å²) in [7, 11) is 1.47.